The molecule has 1 aliphatic heterocycles. The first kappa shape index (κ1) is 18.2. The van der Waals surface area contributed by atoms with Crippen LogP contribution < -0.4 is 4.74 Å². The summed E-state index contributed by atoms with van der Waals surface area (Å²) in [5, 5.41) is 7.27. The fourth-order valence-corrected chi connectivity index (χ4v) is 3.35. The first-order valence-electron chi connectivity index (χ1n) is 9.27. The fraction of sp³-hybridized carbons (Fsp3) is 0.350. The summed E-state index contributed by atoms with van der Waals surface area (Å²) in [6, 6.07) is 7.60. The van der Waals surface area contributed by atoms with Gasteiger partial charge in [-0.15, -0.1) is 0 Å². The van der Waals surface area contributed by atoms with Crippen molar-refractivity contribution in [2.24, 2.45) is 0 Å². The highest BCUT2D eigenvalue weighted by Crippen LogP contribution is 2.26. The summed E-state index contributed by atoms with van der Waals surface area (Å²) in [6.07, 6.45) is 3.69. The van der Waals surface area contributed by atoms with Crippen LogP contribution in [0.5, 0.6) is 5.75 Å². The number of amides is 1. The van der Waals surface area contributed by atoms with E-state index in [0.29, 0.717) is 32.1 Å². The molecule has 1 fully saturated rings. The molecular formula is C20H23N5O3. The van der Waals surface area contributed by atoms with Gasteiger partial charge in [0.15, 0.2) is 6.61 Å². The highest BCUT2D eigenvalue weighted by atomic mass is 16.5. The van der Waals surface area contributed by atoms with Crippen molar-refractivity contribution in [3.8, 4) is 22.8 Å². The lowest BCUT2D eigenvalue weighted by Crippen LogP contribution is -2.42. The van der Waals surface area contributed by atoms with Gasteiger partial charge in [0.05, 0.1) is 30.3 Å². The van der Waals surface area contributed by atoms with Crippen LogP contribution in [0.4, 0.5) is 0 Å². The summed E-state index contributed by atoms with van der Waals surface area (Å²) < 4.78 is 12.9. The molecule has 0 spiro atoms. The number of aromatic amines is 1. The molecule has 0 bridgehead atoms. The van der Waals surface area contributed by atoms with Crippen molar-refractivity contribution in [1.82, 2.24) is 24.6 Å². The molecule has 0 atom stereocenters. The van der Waals surface area contributed by atoms with Gasteiger partial charge in [-0.3, -0.25) is 14.5 Å². The molecule has 8 nitrogen and oxygen atoms in total. The lowest BCUT2D eigenvalue weighted by molar-refractivity contribution is -0.137. The van der Waals surface area contributed by atoms with Crippen molar-refractivity contribution >= 4 is 5.91 Å². The van der Waals surface area contributed by atoms with Crippen LogP contribution in [-0.2, 0) is 9.53 Å². The zero-order chi connectivity index (χ0) is 19.5. The Bertz CT molecular complexity index is 935. The number of nitrogens with zero attached hydrogens (tertiary/aromatic N) is 4. The van der Waals surface area contributed by atoms with Crippen LogP contribution in [0.15, 0.2) is 36.7 Å². The van der Waals surface area contributed by atoms with Crippen LogP contribution in [0.3, 0.4) is 0 Å². The summed E-state index contributed by atoms with van der Waals surface area (Å²) in [4.78, 5) is 18.5. The number of hydrogen-bond donors (Lipinski definition) is 1. The number of benzene rings is 1. The van der Waals surface area contributed by atoms with Gasteiger partial charge in [0.2, 0.25) is 0 Å². The number of carbonyl (C=O) groups excluding carboxylic acids is 1. The Morgan fingerprint density at radius 2 is 1.96 bits per heavy atom. The van der Waals surface area contributed by atoms with Gasteiger partial charge in [-0.2, -0.15) is 5.10 Å². The summed E-state index contributed by atoms with van der Waals surface area (Å²) in [6.45, 7) is 6.40. The first-order valence-corrected chi connectivity index (χ1v) is 9.27. The number of aryl methyl sites for hydroxylation is 2. The second-order valence-corrected chi connectivity index (χ2v) is 6.71. The maximum atomic E-state index is 12.2. The lowest BCUT2D eigenvalue weighted by Gasteiger charge is -2.26. The smallest absolute Gasteiger partial charge is 0.260 e. The van der Waals surface area contributed by atoms with Gasteiger partial charge in [-0.25, -0.2) is 4.98 Å². The Morgan fingerprint density at radius 1 is 1.21 bits per heavy atom. The lowest BCUT2D eigenvalue weighted by atomic mass is 10.2. The van der Waals surface area contributed by atoms with E-state index in [-0.39, 0.29) is 12.5 Å². The molecule has 146 valence electrons. The second-order valence-electron chi connectivity index (χ2n) is 6.71. The number of aromatic nitrogens is 4. The standard InChI is InChI=1S/C20H23N5O3/c1-14-19(15(2)23-22-14)25-8-7-21-20(25)16-3-5-17(6-4-16)28-13-18(26)24-9-11-27-12-10-24/h3-8H,9-13H2,1-2H3,(H,22,23). The molecule has 3 heterocycles. The minimum absolute atomic E-state index is 0.0196. The largest absolute Gasteiger partial charge is 0.484 e. The first-order chi connectivity index (χ1) is 13.6. The van der Waals surface area contributed by atoms with Crippen molar-refractivity contribution in [2.45, 2.75) is 13.8 Å². The highest BCUT2D eigenvalue weighted by molar-refractivity contribution is 5.77. The summed E-state index contributed by atoms with van der Waals surface area (Å²) in [5.41, 5.74) is 3.86. The van der Waals surface area contributed by atoms with E-state index in [9.17, 15) is 4.79 Å². The van der Waals surface area contributed by atoms with Crippen molar-refractivity contribution in [2.75, 3.05) is 32.9 Å². The van der Waals surface area contributed by atoms with E-state index >= 15 is 0 Å². The Balaban J connectivity index is 1.46. The second kappa shape index (κ2) is 7.85. The Hall–Kier alpha value is -3.13. The average molecular weight is 381 g/mol. The zero-order valence-electron chi connectivity index (χ0n) is 16.0. The average Bonchev–Trinajstić information content (AvgIpc) is 3.33. The molecule has 1 saturated heterocycles. The Labute approximate surface area is 163 Å². The summed E-state index contributed by atoms with van der Waals surface area (Å²) in [5.74, 6) is 1.46. The molecule has 4 rings (SSSR count). The topological polar surface area (TPSA) is 85.3 Å². The van der Waals surface area contributed by atoms with Crippen LogP contribution >= 0.6 is 0 Å². The van der Waals surface area contributed by atoms with Crippen LogP contribution in [0.2, 0.25) is 0 Å². The maximum absolute atomic E-state index is 12.2. The van der Waals surface area contributed by atoms with Crippen molar-refractivity contribution in [1.29, 1.82) is 0 Å². The normalized spacial score (nSPS) is 14.3. The third-order valence-electron chi connectivity index (χ3n) is 4.81. The van der Waals surface area contributed by atoms with Gasteiger partial charge in [0.1, 0.15) is 11.6 Å². The third-order valence-corrected chi connectivity index (χ3v) is 4.81. The minimum Gasteiger partial charge on any atom is -0.484 e. The molecule has 1 aliphatic rings. The van der Waals surface area contributed by atoms with Gasteiger partial charge in [0.25, 0.3) is 5.91 Å². The number of ether oxygens (including phenoxy) is 2. The Morgan fingerprint density at radius 3 is 2.64 bits per heavy atom. The van der Waals surface area contributed by atoms with Gasteiger partial charge in [0, 0.05) is 31.0 Å². The van der Waals surface area contributed by atoms with Gasteiger partial charge in [-0.1, -0.05) is 0 Å². The number of rotatable bonds is 5. The van der Waals surface area contributed by atoms with Crippen LogP contribution in [0.1, 0.15) is 11.4 Å². The monoisotopic (exact) mass is 381 g/mol. The molecule has 2 aromatic heterocycles. The number of hydrogen-bond acceptors (Lipinski definition) is 5. The minimum atomic E-state index is -0.0196. The summed E-state index contributed by atoms with van der Waals surface area (Å²) in [7, 11) is 0. The van der Waals surface area contributed by atoms with E-state index in [4.69, 9.17) is 9.47 Å². The van der Waals surface area contributed by atoms with E-state index in [2.05, 4.69) is 15.2 Å². The van der Waals surface area contributed by atoms with Gasteiger partial charge >= 0.3 is 0 Å². The van der Waals surface area contributed by atoms with Crippen LogP contribution in [0, 0.1) is 13.8 Å². The van der Waals surface area contributed by atoms with Crippen molar-refractivity contribution in [3.05, 3.63) is 48.0 Å². The molecule has 1 N–H and O–H groups in total. The maximum Gasteiger partial charge on any atom is 0.260 e. The molecule has 8 heteroatoms. The molecule has 0 unspecified atom stereocenters. The van der Waals surface area contributed by atoms with E-state index in [1.165, 1.54) is 0 Å². The number of H-pyrrole nitrogens is 1. The van der Waals surface area contributed by atoms with E-state index in [1.807, 2.05) is 48.9 Å². The molecule has 0 saturated carbocycles. The zero-order valence-corrected chi connectivity index (χ0v) is 16.0. The predicted molar refractivity (Wildman–Crippen MR) is 104 cm³/mol. The molecular weight excluding hydrogens is 358 g/mol. The molecule has 28 heavy (non-hydrogen) atoms. The van der Waals surface area contributed by atoms with Crippen molar-refractivity contribution in [3.63, 3.8) is 0 Å². The fourth-order valence-electron chi connectivity index (χ4n) is 3.35. The van der Waals surface area contributed by atoms with Gasteiger partial charge < -0.3 is 14.4 Å². The van der Waals surface area contributed by atoms with Crippen molar-refractivity contribution < 1.29 is 14.3 Å². The molecule has 1 aromatic carbocycles. The van der Waals surface area contributed by atoms with E-state index < -0.39 is 0 Å². The molecule has 3 aromatic rings. The number of carbonyl (C=O) groups is 1. The molecule has 1 amide bonds. The number of imidazole rings is 1. The predicted octanol–water partition coefficient (Wildman–Crippen LogP) is 2.12. The van der Waals surface area contributed by atoms with E-state index in [1.54, 1.807) is 11.1 Å². The molecule has 0 radical (unpaired) electrons. The number of morpholine rings is 1. The van der Waals surface area contributed by atoms with Crippen LogP contribution in [-0.4, -0.2) is 63.5 Å². The van der Waals surface area contributed by atoms with Crippen LogP contribution in [0.25, 0.3) is 17.1 Å². The SMILES string of the molecule is Cc1n[nH]c(C)c1-n1ccnc1-c1ccc(OCC(=O)N2CCOCC2)cc1. The Kier molecular flexibility index (Phi) is 5.12. The summed E-state index contributed by atoms with van der Waals surface area (Å²) >= 11 is 0. The third kappa shape index (κ3) is 3.63. The quantitative estimate of drug-likeness (QED) is 0.732. The highest BCUT2D eigenvalue weighted by Gasteiger charge is 2.17. The van der Waals surface area contributed by atoms with Gasteiger partial charge in [-0.05, 0) is 38.1 Å². The molecule has 0 aliphatic carbocycles. The van der Waals surface area contributed by atoms with E-state index in [0.717, 1.165) is 28.5 Å². The number of nitrogens with one attached hydrogen (secondary N) is 1.